The van der Waals surface area contributed by atoms with Crippen molar-refractivity contribution in [2.75, 3.05) is 4.72 Å². The summed E-state index contributed by atoms with van der Waals surface area (Å²) in [5, 5.41) is 0.810. The van der Waals surface area contributed by atoms with Gasteiger partial charge < -0.3 is 5.73 Å². The summed E-state index contributed by atoms with van der Waals surface area (Å²) in [6.45, 7) is 0. The Balaban J connectivity index is 2.43. The van der Waals surface area contributed by atoms with Crippen LogP contribution >= 0.6 is 35.4 Å². The van der Waals surface area contributed by atoms with Gasteiger partial charge in [0.25, 0.3) is 10.0 Å². The monoisotopic (exact) mass is 360 g/mol. The highest BCUT2D eigenvalue weighted by Crippen LogP contribution is 2.24. The zero-order valence-corrected chi connectivity index (χ0v) is 13.7. The van der Waals surface area contributed by atoms with Crippen LogP contribution in [0.1, 0.15) is 5.56 Å². The van der Waals surface area contributed by atoms with Crippen molar-refractivity contribution in [2.45, 2.75) is 4.90 Å². The number of rotatable bonds is 4. The lowest BCUT2D eigenvalue weighted by molar-refractivity contribution is 0.601. The number of benzene rings is 2. The molecular weight excluding hydrogens is 351 g/mol. The van der Waals surface area contributed by atoms with Gasteiger partial charge in [-0.25, -0.2) is 8.42 Å². The fraction of sp³-hybridized carbons (Fsp3) is 0. The van der Waals surface area contributed by atoms with Crippen LogP contribution in [-0.2, 0) is 10.0 Å². The lowest BCUT2D eigenvalue weighted by Crippen LogP contribution is -2.18. The number of hydrogen-bond acceptors (Lipinski definition) is 3. The molecule has 0 aromatic heterocycles. The number of halogens is 2. The summed E-state index contributed by atoms with van der Waals surface area (Å²) in [5.41, 5.74) is 6.20. The molecule has 0 aliphatic rings. The second-order valence-electron chi connectivity index (χ2n) is 4.11. The number of nitrogens with one attached hydrogen (secondary N) is 1. The van der Waals surface area contributed by atoms with Gasteiger partial charge in [0.05, 0.1) is 10.6 Å². The van der Waals surface area contributed by atoms with E-state index < -0.39 is 10.0 Å². The largest absolute Gasteiger partial charge is 0.389 e. The van der Waals surface area contributed by atoms with Gasteiger partial charge >= 0.3 is 0 Å². The standard InChI is InChI=1S/C13H10Cl2N2O2S2/c14-8-1-4-10(5-2-8)21(18,19)17-12-7-9(15)3-6-11(12)13(16)20/h1-7,17H,(H2,16,20). The highest BCUT2D eigenvalue weighted by Gasteiger charge is 2.17. The van der Waals surface area contributed by atoms with Gasteiger partial charge in [-0.2, -0.15) is 0 Å². The Bertz CT molecular complexity index is 790. The predicted octanol–water partition coefficient (Wildman–Crippen LogP) is 3.43. The molecule has 8 heteroatoms. The number of sulfonamides is 1. The fourth-order valence-corrected chi connectivity index (χ4v) is 3.18. The molecule has 0 amide bonds. The first-order valence-corrected chi connectivity index (χ1v) is 8.32. The minimum absolute atomic E-state index is 0.0699. The van der Waals surface area contributed by atoms with E-state index in [1.807, 2.05) is 0 Å². The molecule has 3 N–H and O–H groups in total. The zero-order valence-electron chi connectivity index (χ0n) is 10.5. The first kappa shape index (κ1) is 16.0. The Morgan fingerprint density at radius 1 is 1.05 bits per heavy atom. The Hall–Kier alpha value is -1.34. The summed E-state index contributed by atoms with van der Waals surface area (Å²) >= 11 is 16.5. The van der Waals surface area contributed by atoms with Gasteiger partial charge in [0.15, 0.2) is 0 Å². The Labute approximate surface area is 137 Å². The van der Waals surface area contributed by atoms with Gasteiger partial charge in [0, 0.05) is 15.6 Å². The van der Waals surface area contributed by atoms with Crippen molar-refractivity contribution in [3.63, 3.8) is 0 Å². The molecular formula is C13H10Cl2N2O2S2. The second-order valence-corrected chi connectivity index (χ2v) is 7.11. The topological polar surface area (TPSA) is 72.2 Å². The lowest BCUT2D eigenvalue weighted by atomic mass is 10.2. The zero-order chi connectivity index (χ0) is 15.6. The SMILES string of the molecule is NC(=S)c1ccc(Cl)cc1NS(=O)(=O)c1ccc(Cl)cc1. The van der Waals surface area contributed by atoms with E-state index in [1.54, 1.807) is 12.1 Å². The number of hydrogen-bond donors (Lipinski definition) is 2. The van der Waals surface area contributed by atoms with Crippen LogP contribution in [0.4, 0.5) is 5.69 Å². The molecule has 110 valence electrons. The molecule has 21 heavy (non-hydrogen) atoms. The fourth-order valence-electron chi connectivity index (χ4n) is 1.63. The number of anilines is 1. The average Bonchev–Trinajstić information content (AvgIpc) is 2.38. The van der Waals surface area contributed by atoms with Gasteiger partial charge in [0.1, 0.15) is 4.99 Å². The van der Waals surface area contributed by atoms with Gasteiger partial charge in [-0.05, 0) is 42.5 Å². The third-order valence-electron chi connectivity index (χ3n) is 2.62. The molecule has 0 radical (unpaired) electrons. The second kappa shape index (κ2) is 6.19. The van der Waals surface area contributed by atoms with Crippen LogP contribution in [0.3, 0.4) is 0 Å². The first-order chi connectivity index (χ1) is 9.79. The summed E-state index contributed by atoms with van der Waals surface area (Å²) in [6.07, 6.45) is 0. The maximum Gasteiger partial charge on any atom is 0.261 e. The molecule has 0 fully saturated rings. The van der Waals surface area contributed by atoms with E-state index in [1.165, 1.54) is 30.3 Å². The van der Waals surface area contributed by atoms with Crippen LogP contribution in [-0.4, -0.2) is 13.4 Å². The molecule has 0 aliphatic carbocycles. The van der Waals surface area contributed by atoms with Gasteiger partial charge in [-0.1, -0.05) is 35.4 Å². The molecule has 0 heterocycles. The molecule has 0 bridgehead atoms. The van der Waals surface area contributed by atoms with E-state index in [0.717, 1.165) is 0 Å². The summed E-state index contributed by atoms with van der Waals surface area (Å²) < 4.78 is 27.1. The van der Waals surface area contributed by atoms with Gasteiger partial charge in [-0.15, -0.1) is 0 Å². The molecule has 0 atom stereocenters. The Kier molecular flexibility index (Phi) is 4.73. The molecule has 2 aromatic rings. The highest BCUT2D eigenvalue weighted by atomic mass is 35.5. The molecule has 2 aromatic carbocycles. The molecule has 0 spiro atoms. The van der Waals surface area contributed by atoms with Gasteiger partial charge in [-0.3, -0.25) is 4.72 Å². The number of thiocarbonyl (C=S) groups is 1. The minimum atomic E-state index is -3.79. The van der Waals surface area contributed by atoms with E-state index >= 15 is 0 Å². The molecule has 0 saturated carbocycles. The smallest absolute Gasteiger partial charge is 0.261 e. The lowest BCUT2D eigenvalue weighted by Gasteiger charge is -2.12. The van der Waals surface area contributed by atoms with E-state index in [-0.39, 0.29) is 15.6 Å². The van der Waals surface area contributed by atoms with Crippen LogP contribution < -0.4 is 10.5 Å². The normalized spacial score (nSPS) is 11.1. The van der Waals surface area contributed by atoms with Crippen molar-refractivity contribution >= 4 is 56.1 Å². The quantitative estimate of drug-likeness (QED) is 0.819. The van der Waals surface area contributed by atoms with Crippen LogP contribution in [0, 0.1) is 0 Å². The summed E-state index contributed by atoms with van der Waals surface area (Å²) in [7, 11) is -3.79. The maximum absolute atomic E-state index is 12.3. The van der Waals surface area contributed by atoms with Crippen molar-refractivity contribution in [2.24, 2.45) is 5.73 Å². The minimum Gasteiger partial charge on any atom is -0.389 e. The van der Waals surface area contributed by atoms with Crippen molar-refractivity contribution in [3.05, 3.63) is 58.1 Å². The van der Waals surface area contributed by atoms with Crippen molar-refractivity contribution in [1.82, 2.24) is 0 Å². The molecule has 2 rings (SSSR count). The molecule has 0 unspecified atom stereocenters. The summed E-state index contributed by atoms with van der Waals surface area (Å²) in [6, 6.07) is 10.4. The van der Waals surface area contributed by atoms with Crippen molar-refractivity contribution in [3.8, 4) is 0 Å². The van der Waals surface area contributed by atoms with Crippen LogP contribution in [0.25, 0.3) is 0 Å². The molecule has 4 nitrogen and oxygen atoms in total. The van der Waals surface area contributed by atoms with Crippen molar-refractivity contribution in [1.29, 1.82) is 0 Å². The van der Waals surface area contributed by atoms with Crippen LogP contribution in [0.2, 0.25) is 10.0 Å². The predicted molar refractivity (Wildman–Crippen MR) is 89.6 cm³/mol. The summed E-state index contributed by atoms with van der Waals surface area (Å²) in [4.78, 5) is 0.140. The Morgan fingerprint density at radius 3 is 2.19 bits per heavy atom. The molecule has 0 saturated heterocycles. The van der Waals surface area contributed by atoms with E-state index in [9.17, 15) is 8.42 Å². The molecule has 0 aliphatic heterocycles. The van der Waals surface area contributed by atoms with Crippen LogP contribution in [0.15, 0.2) is 47.4 Å². The van der Waals surface area contributed by atoms with Crippen molar-refractivity contribution < 1.29 is 8.42 Å². The maximum atomic E-state index is 12.3. The van der Waals surface area contributed by atoms with E-state index in [4.69, 9.17) is 41.2 Å². The average molecular weight is 361 g/mol. The third kappa shape index (κ3) is 3.85. The third-order valence-corrected chi connectivity index (χ3v) is 4.70. The van der Waals surface area contributed by atoms with E-state index in [0.29, 0.717) is 15.6 Å². The van der Waals surface area contributed by atoms with Crippen LogP contribution in [0.5, 0.6) is 0 Å². The van der Waals surface area contributed by atoms with E-state index in [2.05, 4.69) is 4.72 Å². The van der Waals surface area contributed by atoms with Gasteiger partial charge in [0.2, 0.25) is 0 Å². The summed E-state index contributed by atoms with van der Waals surface area (Å²) in [5.74, 6) is 0. The Morgan fingerprint density at radius 2 is 1.62 bits per heavy atom. The first-order valence-electron chi connectivity index (χ1n) is 5.67. The number of nitrogens with two attached hydrogens (primary N) is 1. The highest BCUT2D eigenvalue weighted by molar-refractivity contribution is 7.92.